The third-order valence-corrected chi connectivity index (χ3v) is 4.11. The van der Waals surface area contributed by atoms with Crippen LogP contribution in [0, 0.1) is 5.92 Å². The molecular formula is C14H20BrNO. The average Bonchev–Trinajstić information content (AvgIpc) is 2.32. The van der Waals surface area contributed by atoms with Crippen molar-refractivity contribution in [2.24, 2.45) is 5.92 Å². The lowest BCUT2D eigenvalue weighted by atomic mass is 9.86. The number of rotatable bonds is 3. The van der Waals surface area contributed by atoms with Gasteiger partial charge in [-0.2, -0.15) is 0 Å². The van der Waals surface area contributed by atoms with Crippen LogP contribution in [0.4, 0.5) is 5.69 Å². The molecule has 17 heavy (non-hydrogen) atoms. The molecule has 1 aliphatic rings. The quantitative estimate of drug-likeness (QED) is 0.890. The zero-order valence-corrected chi connectivity index (χ0v) is 12.1. The van der Waals surface area contributed by atoms with E-state index in [1.807, 2.05) is 12.1 Å². The van der Waals surface area contributed by atoms with Crippen molar-refractivity contribution < 1.29 is 4.74 Å². The van der Waals surface area contributed by atoms with Crippen molar-refractivity contribution >= 4 is 21.6 Å². The van der Waals surface area contributed by atoms with Gasteiger partial charge in [-0.1, -0.05) is 35.7 Å². The number of methoxy groups -OCH3 is 1. The Labute approximate surface area is 112 Å². The van der Waals surface area contributed by atoms with E-state index in [0.29, 0.717) is 6.04 Å². The highest BCUT2D eigenvalue weighted by Crippen LogP contribution is 2.32. The molecule has 0 bridgehead atoms. The topological polar surface area (TPSA) is 21.3 Å². The van der Waals surface area contributed by atoms with E-state index in [9.17, 15) is 0 Å². The van der Waals surface area contributed by atoms with Gasteiger partial charge >= 0.3 is 0 Å². The molecule has 0 amide bonds. The summed E-state index contributed by atoms with van der Waals surface area (Å²) in [6, 6.07) is 6.68. The molecule has 0 radical (unpaired) electrons. The summed E-state index contributed by atoms with van der Waals surface area (Å²) in [7, 11) is 1.72. The van der Waals surface area contributed by atoms with Gasteiger partial charge in [0.1, 0.15) is 5.75 Å². The number of hydrogen-bond donors (Lipinski definition) is 1. The molecule has 1 aromatic rings. The van der Waals surface area contributed by atoms with E-state index in [1.54, 1.807) is 7.11 Å². The van der Waals surface area contributed by atoms with Gasteiger partial charge in [-0.3, -0.25) is 0 Å². The van der Waals surface area contributed by atoms with E-state index in [2.05, 4.69) is 34.2 Å². The van der Waals surface area contributed by atoms with Crippen LogP contribution in [-0.4, -0.2) is 13.2 Å². The highest BCUT2D eigenvalue weighted by atomic mass is 79.9. The summed E-state index contributed by atoms with van der Waals surface area (Å²) in [6.45, 7) is 2.33. The molecule has 2 rings (SSSR count). The molecule has 1 aliphatic carbocycles. The van der Waals surface area contributed by atoms with Crippen LogP contribution in [0.3, 0.4) is 0 Å². The summed E-state index contributed by atoms with van der Waals surface area (Å²) in [5, 5.41) is 3.64. The van der Waals surface area contributed by atoms with Gasteiger partial charge in [0.05, 0.1) is 12.8 Å². The number of ether oxygens (including phenoxy) is 1. The minimum atomic E-state index is 0.576. The second-order valence-corrected chi connectivity index (χ2v) is 5.77. The van der Waals surface area contributed by atoms with Crippen LogP contribution < -0.4 is 10.1 Å². The minimum absolute atomic E-state index is 0.576. The first-order chi connectivity index (χ1) is 8.20. The van der Waals surface area contributed by atoms with Crippen LogP contribution in [0.1, 0.15) is 32.6 Å². The van der Waals surface area contributed by atoms with Crippen LogP contribution in [-0.2, 0) is 0 Å². The SMILES string of the molecule is COc1ccc(Br)cc1NC1CCCCC1C. The van der Waals surface area contributed by atoms with Crippen molar-refractivity contribution in [2.45, 2.75) is 38.6 Å². The minimum Gasteiger partial charge on any atom is -0.495 e. The highest BCUT2D eigenvalue weighted by molar-refractivity contribution is 9.10. The summed E-state index contributed by atoms with van der Waals surface area (Å²) in [4.78, 5) is 0. The molecule has 1 aromatic carbocycles. The largest absolute Gasteiger partial charge is 0.495 e. The van der Waals surface area contributed by atoms with Gasteiger partial charge in [0.15, 0.2) is 0 Å². The number of halogens is 1. The Kier molecular flexibility index (Phi) is 4.32. The first kappa shape index (κ1) is 12.7. The Balaban J connectivity index is 2.13. The Bertz CT molecular complexity index is 380. The molecule has 2 nitrogen and oxygen atoms in total. The maximum absolute atomic E-state index is 5.39. The molecule has 2 atom stereocenters. The summed E-state index contributed by atoms with van der Waals surface area (Å²) in [6.07, 6.45) is 5.29. The van der Waals surface area contributed by atoms with Gasteiger partial charge in [0.2, 0.25) is 0 Å². The van der Waals surface area contributed by atoms with Gasteiger partial charge in [-0.15, -0.1) is 0 Å². The lowest BCUT2D eigenvalue weighted by Gasteiger charge is -2.30. The van der Waals surface area contributed by atoms with Crippen LogP contribution in [0.15, 0.2) is 22.7 Å². The smallest absolute Gasteiger partial charge is 0.142 e. The first-order valence-corrected chi connectivity index (χ1v) is 7.10. The fourth-order valence-electron chi connectivity index (χ4n) is 2.52. The van der Waals surface area contributed by atoms with E-state index < -0.39 is 0 Å². The lowest BCUT2D eigenvalue weighted by Crippen LogP contribution is -2.30. The zero-order valence-electron chi connectivity index (χ0n) is 10.5. The van der Waals surface area contributed by atoms with E-state index in [0.717, 1.165) is 21.8 Å². The summed E-state index contributed by atoms with van der Waals surface area (Å²) < 4.78 is 6.48. The number of nitrogens with one attached hydrogen (secondary N) is 1. The van der Waals surface area contributed by atoms with E-state index in [-0.39, 0.29) is 0 Å². The van der Waals surface area contributed by atoms with Gasteiger partial charge in [-0.05, 0) is 37.0 Å². The molecule has 0 aliphatic heterocycles. The molecule has 1 fully saturated rings. The van der Waals surface area contributed by atoms with Gasteiger partial charge in [-0.25, -0.2) is 0 Å². The Hall–Kier alpha value is -0.700. The zero-order chi connectivity index (χ0) is 12.3. The maximum Gasteiger partial charge on any atom is 0.142 e. The third kappa shape index (κ3) is 3.15. The van der Waals surface area contributed by atoms with Crippen LogP contribution in [0.2, 0.25) is 0 Å². The molecule has 94 valence electrons. The standard InChI is InChI=1S/C14H20BrNO/c1-10-5-3-4-6-12(10)16-13-9-11(15)7-8-14(13)17-2/h7-10,12,16H,3-6H2,1-2H3. The number of hydrogen-bond acceptors (Lipinski definition) is 2. The summed E-state index contributed by atoms with van der Waals surface area (Å²) >= 11 is 3.51. The lowest BCUT2D eigenvalue weighted by molar-refractivity contribution is 0.347. The van der Waals surface area contributed by atoms with Gasteiger partial charge in [0.25, 0.3) is 0 Å². The molecular weight excluding hydrogens is 278 g/mol. The van der Waals surface area contributed by atoms with Crippen molar-refractivity contribution in [3.63, 3.8) is 0 Å². The molecule has 1 saturated carbocycles. The summed E-state index contributed by atoms with van der Waals surface area (Å²) in [5.41, 5.74) is 1.10. The van der Waals surface area contributed by atoms with Crippen molar-refractivity contribution in [1.29, 1.82) is 0 Å². The Morgan fingerprint density at radius 1 is 1.29 bits per heavy atom. The molecule has 2 unspecified atom stereocenters. The fraction of sp³-hybridized carbons (Fsp3) is 0.571. The second kappa shape index (κ2) is 5.76. The Morgan fingerprint density at radius 3 is 2.76 bits per heavy atom. The van der Waals surface area contributed by atoms with Crippen LogP contribution in [0.25, 0.3) is 0 Å². The number of anilines is 1. The van der Waals surface area contributed by atoms with Crippen LogP contribution >= 0.6 is 15.9 Å². The van der Waals surface area contributed by atoms with E-state index in [1.165, 1.54) is 25.7 Å². The van der Waals surface area contributed by atoms with Crippen molar-refractivity contribution in [3.8, 4) is 5.75 Å². The van der Waals surface area contributed by atoms with Crippen LogP contribution in [0.5, 0.6) is 5.75 Å². The van der Waals surface area contributed by atoms with Crippen molar-refractivity contribution in [1.82, 2.24) is 0 Å². The third-order valence-electron chi connectivity index (χ3n) is 3.61. The predicted molar refractivity (Wildman–Crippen MR) is 75.7 cm³/mol. The maximum atomic E-state index is 5.39. The van der Waals surface area contributed by atoms with E-state index >= 15 is 0 Å². The summed E-state index contributed by atoms with van der Waals surface area (Å²) in [5.74, 6) is 1.67. The molecule has 1 N–H and O–H groups in total. The monoisotopic (exact) mass is 297 g/mol. The number of benzene rings is 1. The molecule has 3 heteroatoms. The molecule has 0 heterocycles. The second-order valence-electron chi connectivity index (χ2n) is 4.86. The fourth-order valence-corrected chi connectivity index (χ4v) is 2.88. The molecule has 0 aromatic heterocycles. The first-order valence-electron chi connectivity index (χ1n) is 6.31. The Morgan fingerprint density at radius 2 is 2.06 bits per heavy atom. The van der Waals surface area contributed by atoms with Gasteiger partial charge < -0.3 is 10.1 Å². The van der Waals surface area contributed by atoms with Gasteiger partial charge in [0, 0.05) is 10.5 Å². The highest BCUT2D eigenvalue weighted by Gasteiger charge is 2.21. The normalized spacial score (nSPS) is 24.4. The molecule has 0 saturated heterocycles. The van der Waals surface area contributed by atoms with E-state index in [4.69, 9.17) is 4.74 Å². The van der Waals surface area contributed by atoms with Crippen molar-refractivity contribution in [3.05, 3.63) is 22.7 Å². The average molecular weight is 298 g/mol. The molecule has 0 spiro atoms. The predicted octanol–water partition coefficient (Wildman–Crippen LogP) is 4.45. The van der Waals surface area contributed by atoms with Crippen molar-refractivity contribution in [2.75, 3.05) is 12.4 Å².